The lowest BCUT2D eigenvalue weighted by atomic mass is 9.94. The van der Waals surface area contributed by atoms with Gasteiger partial charge in [0.05, 0.1) is 0 Å². The van der Waals surface area contributed by atoms with E-state index in [1.54, 1.807) is 0 Å². The van der Waals surface area contributed by atoms with Gasteiger partial charge in [-0.25, -0.2) is 0 Å². The molecule has 1 nitrogen and oxygen atoms in total. The number of benzene rings is 4. The van der Waals surface area contributed by atoms with Gasteiger partial charge in [-0.15, -0.1) is 11.3 Å². The lowest BCUT2D eigenvalue weighted by Gasteiger charge is -2.27. The van der Waals surface area contributed by atoms with Gasteiger partial charge >= 0.3 is 0 Å². The molecule has 2 aliphatic rings. The molecule has 0 amide bonds. The lowest BCUT2D eigenvalue weighted by molar-refractivity contribution is 0.642. The van der Waals surface area contributed by atoms with Crippen LogP contribution < -0.4 is 10.4 Å². The summed E-state index contributed by atoms with van der Waals surface area (Å²) < 4.78 is 2.61. The number of anilines is 2. The number of aryl methyl sites for hydroxylation is 1. The summed E-state index contributed by atoms with van der Waals surface area (Å²) in [6.07, 6.45) is 3.86. The van der Waals surface area contributed by atoms with Crippen molar-refractivity contribution in [2.45, 2.75) is 38.1 Å². The molecule has 1 aliphatic heterocycles. The molecule has 3 heteroatoms. The standard InChI is InChI=1S/C30H24BNS/c1-18-5-7-19(8-6-18)20-9-14-28-26(15-20)23-3-2-4-27(23)32(28)22-11-13-25-24-12-10-21(31)16-29(24)33-30(25)17-22/h5-17,23,27H,2-4H2,1H3. The van der Waals surface area contributed by atoms with E-state index in [0.717, 1.165) is 5.46 Å². The summed E-state index contributed by atoms with van der Waals surface area (Å²) in [5.41, 5.74) is 9.02. The van der Waals surface area contributed by atoms with Gasteiger partial charge in [0.25, 0.3) is 0 Å². The molecule has 5 aromatic rings. The van der Waals surface area contributed by atoms with E-state index in [-0.39, 0.29) is 0 Å². The fourth-order valence-electron chi connectivity index (χ4n) is 6.05. The van der Waals surface area contributed by atoms with Crippen molar-refractivity contribution in [1.29, 1.82) is 0 Å². The molecule has 2 radical (unpaired) electrons. The minimum absolute atomic E-state index is 0.566. The normalized spacial score (nSPS) is 19.4. The first-order chi connectivity index (χ1) is 16.2. The third kappa shape index (κ3) is 2.99. The maximum atomic E-state index is 6.05. The quantitative estimate of drug-likeness (QED) is 0.255. The molecule has 7 rings (SSSR count). The first-order valence-electron chi connectivity index (χ1n) is 11.9. The molecule has 0 bridgehead atoms. The average molecular weight is 441 g/mol. The van der Waals surface area contributed by atoms with Gasteiger partial charge in [0.15, 0.2) is 0 Å². The number of rotatable bonds is 2. The van der Waals surface area contributed by atoms with Gasteiger partial charge in [-0.1, -0.05) is 72.0 Å². The number of hydrogen-bond donors (Lipinski definition) is 0. The predicted molar refractivity (Wildman–Crippen MR) is 144 cm³/mol. The smallest absolute Gasteiger partial charge is 0.113 e. The van der Waals surface area contributed by atoms with Gasteiger partial charge in [0.2, 0.25) is 0 Å². The zero-order valence-electron chi connectivity index (χ0n) is 18.7. The van der Waals surface area contributed by atoms with E-state index in [9.17, 15) is 0 Å². The topological polar surface area (TPSA) is 3.24 Å². The largest absolute Gasteiger partial charge is 0.337 e. The van der Waals surface area contributed by atoms with Crippen molar-refractivity contribution < 1.29 is 0 Å². The molecule has 2 atom stereocenters. The highest BCUT2D eigenvalue weighted by Crippen LogP contribution is 2.53. The lowest BCUT2D eigenvalue weighted by Crippen LogP contribution is -2.26. The van der Waals surface area contributed by atoms with E-state index in [0.29, 0.717) is 12.0 Å². The molecule has 2 heterocycles. The number of fused-ring (bicyclic) bond motifs is 6. The summed E-state index contributed by atoms with van der Waals surface area (Å²) in [6.45, 7) is 2.15. The molecule has 2 unspecified atom stereocenters. The Morgan fingerprint density at radius 3 is 2.39 bits per heavy atom. The Bertz CT molecular complexity index is 1530. The number of thiophene rings is 1. The monoisotopic (exact) mass is 441 g/mol. The van der Waals surface area contributed by atoms with Crippen LogP contribution in [0, 0.1) is 6.92 Å². The molecule has 4 aromatic carbocycles. The van der Waals surface area contributed by atoms with Crippen LogP contribution >= 0.6 is 11.3 Å². The van der Waals surface area contributed by atoms with Gasteiger partial charge in [-0.3, -0.25) is 0 Å². The van der Waals surface area contributed by atoms with E-state index < -0.39 is 0 Å². The third-order valence-corrected chi connectivity index (χ3v) is 8.76. The zero-order chi connectivity index (χ0) is 22.1. The maximum Gasteiger partial charge on any atom is 0.113 e. The van der Waals surface area contributed by atoms with Crippen LogP contribution in [0.5, 0.6) is 0 Å². The SMILES string of the molecule is [B]c1ccc2c(c1)sc1cc(N3c4ccc(-c5ccc(C)cc5)cc4C4CCCC43)ccc12. The molecular formula is C30H24BNS. The Morgan fingerprint density at radius 2 is 1.55 bits per heavy atom. The Hall–Kier alpha value is -3.04. The summed E-state index contributed by atoms with van der Waals surface area (Å²) >= 11 is 1.85. The van der Waals surface area contributed by atoms with Crippen molar-refractivity contribution in [3.63, 3.8) is 0 Å². The second-order valence-electron chi connectivity index (χ2n) is 9.65. The van der Waals surface area contributed by atoms with E-state index in [4.69, 9.17) is 7.85 Å². The van der Waals surface area contributed by atoms with Gasteiger partial charge in [-0.05, 0) is 60.7 Å². The van der Waals surface area contributed by atoms with Crippen molar-refractivity contribution in [2.24, 2.45) is 0 Å². The van der Waals surface area contributed by atoms with Crippen molar-refractivity contribution in [2.75, 3.05) is 4.90 Å². The molecule has 33 heavy (non-hydrogen) atoms. The summed E-state index contributed by atoms with van der Waals surface area (Å²) in [5, 5.41) is 2.63. The third-order valence-electron chi connectivity index (χ3n) is 7.64. The highest BCUT2D eigenvalue weighted by Gasteiger charge is 2.42. The Labute approximate surface area is 200 Å². The highest BCUT2D eigenvalue weighted by atomic mass is 32.1. The van der Waals surface area contributed by atoms with E-state index in [1.807, 2.05) is 17.4 Å². The van der Waals surface area contributed by atoms with Crippen molar-refractivity contribution in [1.82, 2.24) is 0 Å². The Kier molecular flexibility index (Phi) is 4.26. The van der Waals surface area contributed by atoms with E-state index in [1.165, 1.54) is 73.1 Å². The Morgan fingerprint density at radius 1 is 0.788 bits per heavy atom. The molecule has 1 aromatic heterocycles. The molecule has 1 saturated carbocycles. The maximum absolute atomic E-state index is 6.05. The van der Waals surface area contributed by atoms with Gasteiger partial charge in [0.1, 0.15) is 7.85 Å². The van der Waals surface area contributed by atoms with E-state index in [2.05, 4.69) is 84.6 Å². The van der Waals surface area contributed by atoms with Crippen LogP contribution in [-0.2, 0) is 0 Å². The van der Waals surface area contributed by atoms with Crippen LogP contribution in [0.1, 0.15) is 36.3 Å². The average Bonchev–Trinajstić information content (AvgIpc) is 3.50. The van der Waals surface area contributed by atoms with Gasteiger partial charge in [-0.2, -0.15) is 0 Å². The van der Waals surface area contributed by atoms with Crippen LogP contribution in [0.3, 0.4) is 0 Å². The molecule has 158 valence electrons. The number of hydrogen-bond acceptors (Lipinski definition) is 2. The van der Waals surface area contributed by atoms with Gasteiger partial charge in [0, 0.05) is 43.5 Å². The second kappa shape index (κ2) is 7.23. The molecular weight excluding hydrogens is 417 g/mol. The van der Waals surface area contributed by atoms with Crippen LogP contribution in [-0.4, -0.2) is 13.9 Å². The molecule has 1 fully saturated rings. The molecule has 0 spiro atoms. The summed E-state index contributed by atoms with van der Waals surface area (Å²) in [7, 11) is 6.05. The minimum Gasteiger partial charge on any atom is -0.337 e. The molecule has 1 aliphatic carbocycles. The molecule has 0 saturated heterocycles. The highest BCUT2D eigenvalue weighted by molar-refractivity contribution is 7.25. The summed E-state index contributed by atoms with van der Waals surface area (Å²) in [6, 6.07) is 29.9. The fraction of sp³-hybridized carbons (Fsp3) is 0.200. The molecule has 0 N–H and O–H groups in total. The van der Waals surface area contributed by atoms with Crippen molar-refractivity contribution in [3.8, 4) is 11.1 Å². The summed E-state index contributed by atoms with van der Waals surface area (Å²) in [5.74, 6) is 0.628. The fourth-order valence-corrected chi connectivity index (χ4v) is 7.24. The van der Waals surface area contributed by atoms with Crippen LogP contribution in [0.25, 0.3) is 31.3 Å². The number of nitrogens with zero attached hydrogens (tertiary/aromatic N) is 1. The van der Waals surface area contributed by atoms with Crippen molar-refractivity contribution in [3.05, 3.63) is 90.0 Å². The first-order valence-corrected chi connectivity index (χ1v) is 12.7. The predicted octanol–water partition coefficient (Wildman–Crippen LogP) is 7.61. The zero-order valence-corrected chi connectivity index (χ0v) is 19.5. The van der Waals surface area contributed by atoms with Crippen LogP contribution in [0.15, 0.2) is 78.9 Å². The van der Waals surface area contributed by atoms with Crippen LogP contribution in [0.4, 0.5) is 11.4 Å². The van der Waals surface area contributed by atoms with Crippen LogP contribution in [0.2, 0.25) is 0 Å². The Balaban J connectivity index is 1.35. The van der Waals surface area contributed by atoms with E-state index >= 15 is 0 Å². The first kappa shape index (κ1) is 19.4. The van der Waals surface area contributed by atoms with Gasteiger partial charge < -0.3 is 4.90 Å². The second-order valence-corrected chi connectivity index (χ2v) is 10.7. The van der Waals surface area contributed by atoms with Crippen molar-refractivity contribution >= 4 is 56.2 Å². The minimum atomic E-state index is 0.566. The summed E-state index contributed by atoms with van der Waals surface area (Å²) in [4.78, 5) is 2.63.